The minimum absolute atomic E-state index is 0.152. The first-order chi connectivity index (χ1) is 10.7. The predicted molar refractivity (Wildman–Crippen MR) is 83.5 cm³/mol. The maximum Gasteiger partial charge on any atom is 0.161 e. The van der Waals surface area contributed by atoms with E-state index in [9.17, 15) is 10.2 Å². The average molecular weight is 300 g/mol. The Bertz CT molecular complexity index is 646. The number of pyridine rings is 1. The number of aromatic nitrogens is 3. The molecule has 6 nitrogen and oxygen atoms in total. The number of aliphatic hydroxyl groups excluding tert-OH is 2. The third kappa shape index (κ3) is 2.93. The third-order valence-electron chi connectivity index (χ3n) is 3.97. The summed E-state index contributed by atoms with van der Waals surface area (Å²) in [6.07, 6.45) is 5.67. The molecule has 0 aromatic carbocycles. The van der Waals surface area contributed by atoms with Crippen molar-refractivity contribution in [2.75, 3.05) is 11.9 Å². The van der Waals surface area contributed by atoms with E-state index < -0.39 is 12.1 Å². The fourth-order valence-electron chi connectivity index (χ4n) is 2.68. The molecule has 3 N–H and O–H groups in total. The predicted octanol–water partition coefficient (Wildman–Crippen LogP) is 1.18. The monoisotopic (exact) mass is 300 g/mol. The van der Waals surface area contributed by atoms with Gasteiger partial charge in [-0.3, -0.25) is 4.98 Å². The lowest BCUT2D eigenvalue weighted by Crippen LogP contribution is -2.35. The van der Waals surface area contributed by atoms with Gasteiger partial charge in [-0.1, -0.05) is 0 Å². The maximum atomic E-state index is 9.73. The van der Waals surface area contributed by atoms with Gasteiger partial charge in [0.1, 0.15) is 5.82 Å². The highest BCUT2D eigenvalue weighted by Gasteiger charge is 2.23. The van der Waals surface area contributed by atoms with Crippen LogP contribution < -0.4 is 5.32 Å². The number of aliphatic hydroxyl groups is 2. The Morgan fingerprint density at radius 1 is 1.23 bits per heavy atom. The Balaban J connectivity index is 2.00. The van der Waals surface area contributed by atoms with Gasteiger partial charge < -0.3 is 15.5 Å². The summed E-state index contributed by atoms with van der Waals surface area (Å²) in [6, 6.07) is 3.31. The highest BCUT2D eigenvalue weighted by atomic mass is 16.3. The van der Waals surface area contributed by atoms with Crippen molar-refractivity contribution in [3.8, 4) is 11.4 Å². The van der Waals surface area contributed by atoms with Crippen LogP contribution in [0.15, 0.2) is 24.5 Å². The van der Waals surface area contributed by atoms with Gasteiger partial charge in [-0.05, 0) is 38.3 Å². The molecule has 0 spiro atoms. The topological polar surface area (TPSA) is 91.2 Å². The van der Waals surface area contributed by atoms with E-state index in [0.717, 1.165) is 36.1 Å². The molecule has 0 saturated heterocycles. The summed E-state index contributed by atoms with van der Waals surface area (Å²) in [5.74, 6) is 1.36. The molecule has 3 rings (SSSR count). The largest absolute Gasteiger partial charge is 0.394 e. The van der Waals surface area contributed by atoms with E-state index in [1.54, 1.807) is 19.3 Å². The maximum absolute atomic E-state index is 9.73. The molecule has 0 fully saturated rings. The Hall–Kier alpha value is -2.05. The van der Waals surface area contributed by atoms with Crippen molar-refractivity contribution >= 4 is 5.82 Å². The fraction of sp³-hybridized carbons (Fsp3) is 0.438. The molecule has 1 aliphatic carbocycles. The number of anilines is 1. The van der Waals surface area contributed by atoms with Crippen LogP contribution in [-0.2, 0) is 12.8 Å². The number of nitrogens with zero attached hydrogens (tertiary/aromatic N) is 3. The van der Waals surface area contributed by atoms with E-state index in [-0.39, 0.29) is 6.61 Å². The van der Waals surface area contributed by atoms with Crippen LogP contribution in [0.5, 0.6) is 0 Å². The van der Waals surface area contributed by atoms with E-state index in [1.807, 2.05) is 12.1 Å². The van der Waals surface area contributed by atoms with Crippen LogP contribution in [0.2, 0.25) is 0 Å². The molecule has 2 atom stereocenters. The quantitative estimate of drug-likeness (QED) is 0.768. The van der Waals surface area contributed by atoms with E-state index in [4.69, 9.17) is 0 Å². The summed E-state index contributed by atoms with van der Waals surface area (Å²) in [5.41, 5.74) is 3.05. The van der Waals surface area contributed by atoms with Crippen molar-refractivity contribution in [3.05, 3.63) is 35.8 Å². The van der Waals surface area contributed by atoms with Crippen molar-refractivity contribution in [1.82, 2.24) is 15.0 Å². The van der Waals surface area contributed by atoms with Gasteiger partial charge in [-0.25, -0.2) is 9.97 Å². The van der Waals surface area contributed by atoms with Gasteiger partial charge in [0.2, 0.25) is 0 Å². The number of hydrogen-bond donors (Lipinski definition) is 3. The zero-order valence-corrected chi connectivity index (χ0v) is 12.5. The van der Waals surface area contributed by atoms with Crippen molar-refractivity contribution in [2.45, 2.75) is 38.3 Å². The molecule has 6 heteroatoms. The number of rotatable bonds is 5. The van der Waals surface area contributed by atoms with Crippen LogP contribution in [0, 0.1) is 0 Å². The number of aryl methyl sites for hydroxylation is 1. The van der Waals surface area contributed by atoms with Crippen molar-refractivity contribution in [3.63, 3.8) is 0 Å². The molecule has 0 aliphatic heterocycles. The normalized spacial score (nSPS) is 16.1. The molecule has 2 aromatic heterocycles. The summed E-state index contributed by atoms with van der Waals surface area (Å²) in [7, 11) is 0. The Morgan fingerprint density at radius 2 is 2.00 bits per heavy atom. The van der Waals surface area contributed by atoms with Crippen LogP contribution >= 0.6 is 0 Å². The van der Waals surface area contributed by atoms with Crippen LogP contribution in [0.1, 0.15) is 24.6 Å². The Labute approximate surface area is 129 Å². The van der Waals surface area contributed by atoms with Gasteiger partial charge >= 0.3 is 0 Å². The van der Waals surface area contributed by atoms with Crippen LogP contribution in [0.3, 0.4) is 0 Å². The van der Waals surface area contributed by atoms with Crippen LogP contribution in [0.4, 0.5) is 5.82 Å². The lowest BCUT2D eigenvalue weighted by Gasteiger charge is -2.21. The molecular formula is C16H20N4O2. The molecule has 0 saturated carbocycles. The second-order valence-electron chi connectivity index (χ2n) is 5.58. The summed E-state index contributed by atoms with van der Waals surface area (Å²) >= 11 is 0. The van der Waals surface area contributed by atoms with Crippen molar-refractivity contribution in [2.24, 2.45) is 0 Å². The third-order valence-corrected chi connectivity index (χ3v) is 3.97. The zero-order valence-electron chi connectivity index (χ0n) is 12.5. The summed E-state index contributed by atoms with van der Waals surface area (Å²) in [6.45, 7) is 1.50. The fourth-order valence-corrected chi connectivity index (χ4v) is 2.68. The number of nitrogens with one attached hydrogen (secondary N) is 1. The van der Waals surface area contributed by atoms with Crippen molar-refractivity contribution < 1.29 is 10.2 Å². The SMILES string of the molecule is C[C@@H](O)[C@@H](CO)Nc1nc(-c2ccncc2)nc2c1CCC2. The average Bonchev–Trinajstić information content (AvgIpc) is 3.01. The second-order valence-corrected chi connectivity index (χ2v) is 5.58. The van der Waals surface area contributed by atoms with Gasteiger partial charge in [0.05, 0.1) is 18.8 Å². The zero-order chi connectivity index (χ0) is 15.5. The highest BCUT2D eigenvalue weighted by molar-refractivity contribution is 5.60. The Morgan fingerprint density at radius 3 is 2.68 bits per heavy atom. The van der Waals surface area contributed by atoms with Crippen LogP contribution in [0.25, 0.3) is 11.4 Å². The minimum atomic E-state index is -0.665. The van der Waals surface area contributed by atoms with Gasteiger partial charge in [0, 0.05) is 29.2 Å². The molecule has 0 radical (unpaired) electrons. The summed E-state index contributed by atoms with van der Waals surface area (Å²) in [5, 5.41) is 22.3. The molecule has 22 heavy (non-hydrogen) atoms. The second kappa shape index (κ2) is 6.37. The first-order valence-electron chi connectivity index (χ1n) is 7.54. The smallest absolute Gasteiger partial charge is 0.161 e. The first kappa shape index (κ1) is 14.9. The van der Waals surface area contributed by atoms with Gasteiger partial charge in [0.25, 0.3) is 0 Å². The number of hydrogen-bond acceptors (Lipinski definition) is 6. The highest BCUT2D eigenvalue weighted by Crippen LogP contribution is 2.29. The molecule has 2 aromatic rings. The standard InChI is InChI=1S/C16H20N4O2/c1-10(22)14(9-21)19-16-12-3-2-4-13(12)18-15(20-16)11-5-7-17-8-6-11/h5-8,10,14,21-22H,2-4,9H2,1H3,(H,18,19,20)/t10-,14-/m1/s1. The summed E-state index contributed by atoms with van der Waals surface area (Å²) in [4.78, 5) is 13.3. The van der Waals surface area contributed by atoms with E-state index in [2.05, 4.69) is 20.3 Å². The molecule has 0 amide bonds. The molecule has 0 bridgehead atoms. The minimum Gasteiger partial charge on any atom is -0.394 e. The van der Waals surface area contributed by atoms with Gasteiger partial charge in [0.15, 0.2) is 5.82 Å². The lowest BCUT2D eigenvalue weighted by atomic mass is 10.1. The van der Waals surface area contributed by atoms with Gasteiger partial charge in [-0.15, -0.1) is 0 Å². The molecular weight excluding hydrogens is 280 g/mol. The van der Waals surface area contributed by atoms with E-state index >= 15 is 0 Å². The van der Waals surface area contributed by atoms with Gasteiger partial charge in [-0.2, -0.15) is 0 Å². The molecule has 0 unspecified atom stereocenters. The first-order valence-corrected chi connectivity index (χ1v) is 7.54. The van der Waals surface area contributed by atoms with E-state index in [1.165, 1.54) is 0 Å². The lowest BCUT2D eigenvalue weighted by molar-refractivity contribution is 0.132. The summed E-state index contributed by atoms with van der Waals surface area (Å²) < 4.78 is 0. The van der Waals surface area contributed by atoms with Crippen molar-refractivity contribution in [1.29, 1.82) is 0 Å². The number of fused-ring (bicyclic) bond motifs is 1. The molecule has 116 valence electrons. The van der Waals surface area contributed by atoms with E-state index in [0.29, 0.717) is 11.6 Å². The van der Waals surface area contributed by atoms with Crippen LogP contribution in [-0.4, -0.2) is 43.9 Å². The Kier molecular flexibility index (Phi) is 4.31. The molecule has 1 aliphatic rings. The molecule has 2 heterocycles.